The Hall–Kier alpha value is -0.830. The minimum absolute atomic E-state index is 0.145. The first-order valence-electron chi connectivity index (χ1n) is 3.94. The Balaban J connectivity index is 3.01. The Morgan fingerprint density at radius 2 is 2.23 bits per heavy atom. The van der Waals surface area contributed by atoms with E-state index in [0.29, 0.717) is 11.3 Å². The van der Waals surface area contributed by atoms with Crippen LogP contribution in [0.25, 0.3) is 0 Å². The molecular weight excluding hydrogens is 187 g/mol. The van der Waals surface area contributed by atoms with Crippen LogP contribution in [0.5, 0.6) is 0 Å². The summed E-state index contributed by atoms with van der Waals surface area (Å²) in [6.07, 6.45) is 1.83. The molecule has 0 saturated heterocycles. The van der Waals surface area contributed by atoms with Crippen molar-refractivity contribution in [2.24, 2.45) is 0 Å². The van der Waals surface area contributed by atoms with E-state index in [1.165, 1.54) is 17.8 Å². The standard InChI is InChI=1S/C10H11FOS/c1-7-4-3-5-8(10(7)11)9(12)6-13-2/h3-5H,6H2,1-2H3. The highest BCUT2D eigenvalue weighted by atomic mass is 32.2. The maximum absolute atomic E-state index is 13.3. The van der Waals surface area contributed by atoms with Crippen LogP contribution in [0.2, 0.25) is 0 Å². The van der Waals surface area contributed by atoms with E-state index < -0.39 is 0 Å². The number of rotatable bonds is 3. The number of hydrogen-bond donors (Lipinski definition) is 0. The van der Waals surface area contributed by atoms with E-state index in [0.717, 1.165) is 0 Å². The predicted molar refractivity (Wildman–Crippen MR) is 53.8 cm³/mol. The van der Waals surface area contributed by atoms with Crippen molar-refractivity contribution in [3.8, 4) is 0 Å². The van der Waals surface area contributed by atoms with E-state index in [9.17, 15) is 9.18 Å². The van der Waals surface area contributed by atoms with Gasteiger partial charge in [0.25, 0.3) is 0 Å². The highest BCUT2D eigenvalue weighted by Gasteiger charge is 2.11. The van der Waals surface area contributed by atoms with Crippen LogP contribution in [-0.2, 0) is 0 Å². The van der Waals surface area contributed by atoms with Gasteiger partial charge in [-0.25, -0.2) is 4.39 Å². The largest absolute Gasteiger partial charge is 0.293 e. The van der Waals surface area contributed by atoms with E-state index >= 15 is 0 Å². The molecule has 0 aromatic heterocycles. The summed E-state index contributed by atoms with van der Waals surface area (Å²) in [5.74, 6) is -0.198. The molecule has 3 heteroatoms. The van der Waals surface area contributed by atoms with Crippen molar-refractivity contribution >= 4 is 17.5 Å². The minimum atomic E-state index is -0.387. The van der Waals surface area contributed by atoms with Crippen LogP contribution in [-0.4, -0.2) is 17.8 Å². The molecule has 0 saturated carbocycles. The van der Waals surface area contributed by atoms with Gasteiger partial charge < -0.3 is 0 Å². The second-order valence-electron chi connectivity index (χ2n) is 2.79. The zero-order chi connectivity index (χ0) is 9.84. The van der Waals surface area contributed by atoms with Crippen molar-refractivity contribution in [1.82, 2.24) is 0 Å². The van der Waals surface area contributed by atoms with E-state index in [-0.39, 0.29) is 17.2 Å². The third-order valence-corrected chi connectivity index (χ3v) is 2.32. The van der Waals surface area contributed by atoms with Crippen molar-refractivity contribution in [2.45, 2.75) is 6.92 Å². The first-order valence-corrected chi connectivity index (χ1v) is 5.33. The van der Waals surface area contributed by atoms with Gasteiger partial charge in [-0.15, -0.1) is 0 Å². The first-order chi connectivity index (χ1) is 6.16. The molecule has 0 aliphatic heterocycles. The number of carbonyl (C=O) groups excluding carboxylic acids is 1. The van der Waals surface area contributed by atoms with Crippen molar-refractivity contribution in [1.29, 1.82) is 0 Å². The normalized spacial score (nSPS) is 10.1. The van der Waals surface area contributed by atoms with Gasteiger partial charge in [0, 0.05) is 0 Å². The Kier molecular flexibility index (Phi) is 3.48. The highest BCUT2D eigenvalue weighted by Crippen LogP contribution is 2.13. The minimum Gasteiger partial charge on any atom is -0.293 e. The summed E-state index contributed by atoms with van der Waals surface area (Å²) in [4.78, 5) is 11.4. The zero-order valence-corrected chi connectivity index (χ0v) is 8.45. The molecular formula is C10H11FOS. The van der Waals surface area contributed by atoms with Gasteiger partial charge in [0.2, 0.25) is 0 Å². The molecule has 0 fully saturated rings. The number of hydrogen-bond acceptors (Lipinski definition) is 2. The molecule has 13 heavy (non-hydrogen) atoms. The van der Waals surface area contributed by atoms with Gasteiger partial charge in [-0.3, -0.25) is 4.79 Å². The Labute approximate surface area is 81.3 Å². The van der Waals surface area contributed by atoms with Crippen LogP contribution in [0.15, 0.2) is 18.2 Å². The number of thioether (sulfide) groups is 1. The second kappa shape index (κ2) is 4.42. The lowest BCUT2D eigenvalue weighted by atomic mass is 10.1. The fraction of sp³-hybridized carbons (Fsp3) is 0.300. The Morgan fingerprint density at radius 3 is 2.85 bits per heavy atom. The second-order valence-corrected chi connectivity index (χ2v) is 3.66. The molecule has 1 aromatic rings. The molecule has 1 rings (SSSR count). The van der Waals surface area contributed by atoms with Gasteiger partial charge in [-0.05, 0) is 24.8 Å². The maximum atomic E-state index is 13.3. The number of aryl methyl sites for hydroxylation is 1. The van der Waals surface area contributed by atoms with E-state index in [1.54, 1.807) is 19.1 Å². The Bertz CT molecular complexity index is 323. The molecule has 0 radical (unpaired) electrons. The summed E-state index contributed by atoms with van der Waals surface area (Å²) < 4.78 is 13.3. The third kappa shape index (κ3) is 2.31. The number of carbonyl (C=O) groups is 1. The van der Waals surface area contributed by atoms with Crippen molar-refractivity contribution in [2.75, 3.05) is 12.0 Å². The van der Waals surface area contributed by atoms with Gasteiger partial charge in [0.05, 0.1) is 11.3 Å². The molecule has 0 heterocycles. The highest BCUT2D eigenvalue weighted by molar-refractivity contribution is 7.99. The molecule has 0 spiro atoms. The van der Waals surface area contributed by atoms with Crippen molar-refractivity contribution in [3.63, 3.8) is 0 Å². The third-order valence-electron chi connectivity index (χ3n) is 1.77. The molecule has 0 unspecified atom stereocenters. The van der Waals surface area contributed by atoms with Crippen LogP contribution >= 0.6 is 11.8 Å². The van der Waals surface area contributed by atoms with Crippen molar-refractivity contribution < 1.29 is 9.18 Å². The zero-order valence-electron chi connectivity index (χ0n) is 7.63. The van der Waals surface area contributed by atoms with E-state index in [4.69, 9.17) is 0 Å². The summed E-state index contributed by atoms with van der Waals surface area (Å²) >= 11 is 1.40. The number of halogens is 1. The molecule has 0 aliphatic rings. The predicted octanol–water partition coefficient (Wildman–Crippen LogP) is 2.68. The van der Waals surface area contributed by atoms with Gasteiger partial charge in [-0.2, -0.15) is 11.8 Å². The maximum Gasteiger partial charge on any atom is 0.175 e. The molecule has 1 aromatic carbocycles. The average molecular weight is 198 g/mol. The summed E-state index contributed by atoms with van der Waals surface area (Å²) in [6, 6.07) is 4.89. The molecule has 0 atom stereocenters. The summed E-state index contributed by atoms with van der Waals surface area (Å²) in [6.45, 7) is 1.66. The summed E-state index contributed by atoms with van der Waals surface area (Å²) in [5, 5.41) is 0. The topological polar surface area (TPSA) is 17.1 Å². The van der Waals surface area contributed by atoms with E-state index in [1.807, 2.05) is 6.26 Å². The number of ketones is 1. The van der Waals surface area contributed by atoms with Crippen molar-refractivity contribution in [3.05, 3.63) is 35.1 Å². The van der Waals surface area contributed by atoms with Crippen LogP contribution < -0.4 is 0 Å². The lowest BCUT2D eigenvalue weighted by Crippen LogP contribution is -2.05. The van der Waals surface area contributed by atoms with Crippen LogP contribution in [0.4, 0.5) is 4.39 Å². The van der Waals surface area contributed by atoms with Gasteiger partial charge >= 0.3 is 0 Å². The SMILES string of the molecule is CSCC(=O)c1cccc(C)c1F. The number of Topliss-reactive ketones (excluding diaryl/α,β-unsaturated/α-hetero) is 1. The molecule has 0 aliphatic carbocycles. The lowest BCUT2D eigenvalue weighted by molar-refractivity contribution is 0.101. The lowest BCUT2D eigenvalue weighted by Gasteiger charge is -2.02. The molecule has 70 valence electrons. The first kappa shape index (κ1) is 10.3. The molecule has 0 bridgehead atoms. The quantitative estimate of drug-likeness (QED) is 0.694. The smallest absolute Gasteiger partial charge is 0.175 e. The Morgan fingerprint density at radius 1 is 1.54 bits per heavy atom. The number of benzene rings is 1. The average Bonchev–Trinajstić information content (AvgIpc) is 2.10. The van der Waals surface area contributed by atoms with E-state index in [2.05, 4.69) is 0 Å². The fourth-order valence-corrected chi connectivity index (χ4v) is 1.49. The van der Waals surface area contributed by atoms with Gasteiger partial charge in [-0.1, -0.05) is 12.1 Å². The summed E-state index contributed by atoms with van der Waals surface area (Å²) in [5.41, 5.74) is 0.723. The van der Waals surface area contributed by atoms with Crippen LogP contribution in [0.3, 0.4) is 0 Å². The van der Waals surface area contributed by atoms with Crippen LogP contribution in [0, 0.1) is 12.7 Å². The fourth-order valence-electron chi connectivity index (χ4n) is 1.07. The van der Waals surface area contributed by atoms with Crippen LogP contribution in [0.1, 0.15) is 15.9 Å². The summed E-state index contributed by atoms with van der Waals surface area (Å²) in [7, 11) is 0. The van der Waals surface area contributed by atoms with Gasteiger partial charge in [0.15, 0.2) is 5.78 Å². The van der Waals surface area contributed by atoms with Gasteiger partial charge in [0.1, 0.15) is 5.82 Å². The molecule has 0 amide bonds. The monoisotopic (exact) mass is 198 g/mol. The molecule has 1 nitrogen and oxygen atoms in total. The molecule has 0 N–H and O–H groups in total.